The molecule has 2 N–H and O–H groups in total. The van der Waals surface area contributed by atoms with E-state index >= 15 is 0 Å². The van der Waals surface area contributed by atoms with Gasteiger partial charge in [0.2, 0.25) is 0 Å². The summed E-state index contributed by atoms with van der Waals surface area (Å²) < 4.78 is 0. The van der Waals surface area contributed by atoms with Crippen LogP contribution in [-0.2, 0) is 6.54 Å². The molecule has 0 aromatic carbocycles. The minimum atomic E-state index is 0.709. The molecule has 72 valence electrons. The molecular formula is C10H17N3. The van der Waals surface area contributed by atoms with Crippen molar-refractivity contribution in [3.63, 3.8) is 0 Å². The summed E-state index contributed by atoms with van der Waals surface area (Å²) in [5.74, 6) is 0. The Morgan fingerprint density at radius 1 is 1.54 bits per heavy atom. The Kier molecular flexibility index (Phi) is 3.86. The van der Waals surface area contributed by atoms with Gasteiger partial charge in [0.05, 0.1) is 0 Å². The van der Waals surface area contributed by atoms with Gasteiger partial charge >= 0.3 is 0 Å². The summed E-state index contributed by atoms with van der Waals surface area (Å²) in [6, 6.07) is 4.15. The number of hydrogen-bond donors (Lipinski definition) is 1. The fraction of sp³-hybridized carbons (Fsp3) is 0.500. The summed E-state index contributed by atoms with van der Waals surface area (Å²) in [7, 11) is 2.07. The van der Waals surface area contributed by atoms with Crippen molar-refractivity contribution < 1.29 is 0 Å². The zero-order valence-electron chi connectivity index (χ0n) is 8.33. The first-order chi connectivity index (χ1) is 6.22. The SMILES string of the molecule is Cc1cc(CN(C)CCN)ccn1. The monoisotopic (exact) mass is 179 g/mol. The van der Waals surface area contributed by atoms with Gasteiger partial charge in [-0.05, 0) is 31.7 Å². The summed E-state index contributed by atoms with van der Waals surface area (Å²) in [6.45, 7) is 4.59. The molecule has 0 aliphatic carbocycles. The zero-order valence-corrected chi connectivity index (χ0v) is 8.33. The largest absolute Gasteiger partial charge is 0.329 e. The Morgan fingerprint density at radius 3 is 2.92 bits per heavy atom. The third kappa shape index (κ3) is 3.53. The molecule has 0 spiro atoms. The van der Waals surface area contributed by atoms with Crippen molar-refractivity contribution in [2.24, 2.45) is 5.73 Å². The fourth-order valence-corrected chi connectivity index (χ4v) is 1.31. The van der Waals surface area contributed by atoms with E-state index in [4.69, 9.17) is 5.73 Å². The van der Waals surface area contributed by atoms with Gasteiger partial charge in [-0.1, -0.05) is 0 Å². The second kappa shape index (κ2) is 4.94. The van der Waals surface area contributed by atoms with Crippen LogP contribution in [0.2, 0.25) is 0 Å². The molecule has 1 aromatic rings. The number of pyridine rings is 1. The summed E-state index contributed by atoms with van der Waals surface area (Å²) in [6.07, 6.45) is 1.85. The maximum atomic E-state index is 5.46. The van der Waals surface area contributed by atoms with Gasteiger partial charge in [0.25, 0.3) is 0 Å². The van der Waals surface area contributed by atoms with E-state index in [1.165, 1.54) is 5.56 Å². The highest BCUT2D eigenvalue weighted by Gasteiger charge is 1.98. The predicted molar refractivity (Wildman–Crippen MR) is 54.4 cm³/mol. The topological polar surface area (TPSA) is 42.1 Å². The molecule has 0 unspecified atom stereocenters. The lowest BCUT2D eigenvalue weighted by Crippen LogP contribution is -2.24. The molecule has 1 aromatic heterocycles. The van der Waals surface area contributed by atoms with Crippen LogP contribution in [-0.4, -0.2) is 30.0 Å². The number of nitrogens with zero attached hydrogens (tertiary/aromatic N) is 2. The van der Waals surface area contributed by atoms with Crippen molar-refractivity contribution in [2.45, 2.75) is 13.5 Å². The van der Waals surface area contributed by atoms with Crippen LogP contribution in [0, 0.1) is 6.92 Å². The number of aryl methyl sites for hydroxylation is 1. The van der Waals surface area contributed by atoms with Crippen LogP contribution in [0.25, 0.3) is 0 Å². The molecule has 0 bridgehead atoms. The number of nitrogens with two attached hydrogens (primary N) is 1. The van der Waals surface area contributed by atoms with Crippen LogP contribution >= 0.6 is 0 Å². The molecule has 0 saturated heterocycles. The minimum Gasteiger partial charge on any atom is -0.329 e. The van der Waals surface area contributed by atoms with Crippen LogP contribution in [0.1, 0.15) is 11.3 Å². The highest BCUT2D eigenvalue weighted by molar-refractivity contribution is 5.14. The first-order valence-corrected chi connectivity index (χ1v) is 4.52. The van der Waals surface area contributed by atoms with Gasteiger partial charge in [-0.15, -0.1) is 0 Å². The molecule has 0 atom stereocenters. The predicted octanol–water partition coefficient (Wildman–Crippen LogP) is 0.781. The van der Waals surface area contributed by atoms with Crippen molar-refractivity contribution in [2.75, 3.05) is 20.1 Å². The first-order valence-electron chi connectivity index (χ1n) is 4.52. The average Bonchev–Trinajstić information content (AvgIpc) is 2.04. The molecule has 3 nitrogen and oxygen atoms in total. The Morgan fingerprint density at radius 2 is 2.31 bits per heavy atom. The Labute approximate surface area is 79.6 Å². The molecule has 0 saturated carbocycles. The minimum absolute atomic E-state index is 0.709. The van der Waals surface area contributed by atoms with E-state index in [1.807, 2.05) is 19.2 Å². The quantitative estimate of drug-likeness (QED) is 0.742. The van der Waals surface area contributed by atoms with Crippen molar-refractivity contribution in [3.8, 4) is 0 Å². The van der Waals surface area contributed by atoms with E-state index < -0.39 is 0 Å². The molecule has 13 heavy (non-hydrogen) atoms. The second-order valence-electron chi connectivity index (χ2n) is 3.33. The Hall–Kier alpha value is -0.930. The van der Waals surface area contributed by atoms with Crippen molar-refractivity contribution in [3.05, 3.63) is 29.6 Å². The van der Waals surface area contributed by atoms with Crippen LogP contribution in [0.5, 0.6) is 0 Å². The van der Waals surface area contributed by atoms with Crippen LogP contribution in [0.15, 0.2) is 18.3 Å². The standard InChI is InChI=1S/C10H17N3/c1-9-7-10(3-5-12-9)8-13(2)6-4-11/h3,5,7H,4,6,8,11H2,1-2H3. The van der Waals surface area contributed by atoms with Gasteiger partial charge < -0.3 is 10.6 Å². The smallest absolute Gasteiger partial charge is 0.0375 e. The van der Waals surface area contributed by atoms with Crippen molar-refractivity contribution in [1.82, 2.24) is 9.88 Å². The molecule has 1 rings (SSSR count). The fourth-order valence-electron chi connectivity index (χ4n) is 1.31. The van der Waals surface area contributed by atoms with Gasteiger partial charge in [0.1, 0.15) is 0 Å². The van der Waals surface area contributed by atoms with E-state index in [2.05, 4.69) is 23.0 Å². The van der Waals surface area contributed by atoms with Gasteiger partial charge in [0, 0.05) is 31.5 Å². The van der Waals surface area contributed by atoms with Gasteiger partial charge in [-0.25, -0.2) is 0 Å². The molecule has 0 amide bonds. The molecule has 0 radical (unpaired) electrons. The first kappa shape index (κ1) is 10.2. The van der Waals surface area contributed by atoms with Crippen LogP contribution < -0.4 is 5.73 Å². The maximum absolute atomic E-state index is 5.46. The van der Waals surface area contributed by atoms with Gasteiger partial charge in [-0.3, -0.25) is 4.98 Å². The van der Waals surface area contributed by atoms with E-state index in [0.29, 0.717) is 6.54 Å². The third-order valence-electron chi connectivity index (χ3n) is 1.92. The molecule has 0 aliphatic rings. The Bertz CT molecular complexity index is 260. The lowest BCUT2D eigenvalue weighted by atomic mass is 10.2. The molecule has 0 fully saturated rings. The second-order valence-corrected chi connectivity index (χ2v) is 3.33. The molecular weight excluding hydrogens is 162 g/mol. The summed E-state index contributed by atoms with van der Waals surface area (Å²) >= 11 is 0. The number of hydrogen-bond acceptors (Lipinski definition) is 3. The zero-order chi connectivity index (χ0) is 9.68. The van der Waals surface area contributed by atoms with Crippen LogP contribution in [0.4, 0.5) is 0 Å². The van der Waals surface area contributed by atoms with Gasteiger partial charge in [0.15, 0.2) is 0 Å². The number of aromatic nitrogens is 1. The van der Waals surface area contributed by atoms with Gasteiger partial charge in [-0.2, -0.15) is 0 Å². The average molecular weight is 179 g/mol. The summed E-state index contributed by atoms with van der Waals surface area (Å²) in [5, 5.41) is 0. The lowest BCUT2D eigenvalue weighted by molar-refractivity contribution is 0.336. The highest BCUT2D eigenvalue weighted by Crippen LogP contribution is 2.03. The molecule has 3 heteroatoms. The number of likely N-dealkylation sites (N-methyl/N-ethyl adjacent to an activating group) is 1. The van der Waals surface area contributed by atoms with E-state index in [9.17, 15) is 0 Å². The normalized spacial score (nSPS) is 10.8. The van der Waals surface area contributed by atoms with E-state index in [0.717, 1.165) is 18.8 Å². The summed E-state index contributed by atoms with van der Waals surface area (Å²) in [5.41, 5.74) is 7.82. The highest BCUT2D eigenvalue weighted by atomic mass is 15.1. The van der Waals surface area contributed by atoms with Crippen LogP contribution in [0.3, 0.4) is 0 Å². The molecule has 0 aliphatic heterocycles. The van der Waals surface area contributed by atoms with Crippen molar-refractivity contribution >= 4 is 0 Å². The summed E-state index contributed by atoms with van der Waals surface area (Å²) in [4.78, 5) is 6.35. The van der Waals surface area contributed by atoms with E-state index in [1.54, 1.807) is 0 Å². The third-order valence-corrected chi connectivity index (χ3v) is 1.92. The Balaban J connectivity index is 2.53. The maximum Gasteiger partial charge on any atom is 0.0375 e. The number of rotatable bonds is 4. The van der Waals surface area contributed by atoms with E-state index in [-0.39, 0.29) is 0 Å². The lowest BCUT2D eigenvalue weighted by Gasteiger charge is -2.15. The molecule has 1 heterocycles. The van der Waals surface area contributed by atoms with Crippen molar-refractivity contribution in [1.29, 1.82) is 0 Å².